The number of phosphoric ester groups is 1. The summed E-state index contributed by atoms with van der Waals surface area (Å²) in [6.07, 6.45) is 72.5. The van der Waals surface area contributed by atoms with Gasteiger partial charge >= 0.3 is 13.8 Å². The molecular weight excluding hydrogens is 976 g/mol. The molecule has 3 atom stereocenters. The number of rotatable bonds is 59. The zero-order valence-electron chi connectivity index (χ0n) is 51.5. The van der Waals surface area contributed by atoms with Crippen molar-refractivity contribution in [2.75, 3.05) is 40.9 Å². The van der Waals surface area contributed by atoms with Crippen LogP contribution < -0.4 is 5.32 Å². The fourth-order valence-electron chi connectivity index (χ4n) is 9.38. The van der Waals surface area contributed by atoms with Gasteiger partial charge < -0.3 is 19.4 Å². The molecule has 0 rings (SSSR count). The Labute approximate surface area is 477 Å². The summed E-state index contributed by atoms with van der Waals surface area (Å²) < 4.78 is 30.6. The molecule has 77 heavy (non-hydrogen) atoms. The number of esters is 1. The molecule has 0 radical (unpaired) electrons. The summed E-state index contributed by atoms with van der Waals surface area (Å²) in [7, 11) is 1.48. The van der Waals surface area contributed by atoms with Crippen molar-refractivity contribution in [2.24, 2.45) is 0 Å². The standard InChI is InChI=1S/C67H125N2O7P/c1-7-10-13-16-19-22-25-27-28-29-30-31-32-33-34-35-36-37-38-39-40-42-44-47-50-53-56-59-66(70)68-64(63-75-77(72,73)74-62-61-69(4,5)6)65(58-55-52-49-46-43-24-21-18-15-12-9-3)76-67(71)60-57-54-51-48-45-41-26-23-20-17-14-11-8-2/h19,22,27-28,41,45,51,54-55,58,64-65H,7-18,20-21,23-26,29-40,42-44,46-50,52-53,56-57,59-63H2,1-6H3,(H-,68,70,72,73)/p+1/b22-19-,28-27-,45-41-,54-51+,58-55-. The van der Waals surface area contributed by atoms with E-state index in [0.717, 1.165) is 57.8 Å². The molecule has 2 N–H and O–H groups in total. The van der Waals surface area contributed by atoms with Gasteiger partial charge in [-0.2, -0.15) is 0 Å². The van der Waals surface area contributed by atoms with E-state index in [9.17, 15) is 19.0 Å². The molecule has 0 aromatic rings. The van der Waals surface area contributed by atoms with Crippen LogP contribution in [-0.4, -0.2) is 74.3 Å². The Morgan fingerprint density at radius 2 is 0.805 bits per heavy atom. The third-order valence-corrected chi connectivity index (χ3v) is 15.4. The van der Waals surface area contributed by atoms with Crippen molar-refractivity contribution >= 4 is 19.7 Å². The number of amides is 1. The van der Waals surface area contributed by atoms with E-state index in [1.54, 1.807) is 0 Å². The molecule has 450 valence electrons. The van der Waals surface area contributed by atoms with Crippen molar-refractivity contribution in [1.29, 1.82) is 0 Å². The molecule has 0 aliphatic heterocycles. The lowest BCUT2D eigenvalue weighted by Gasteiger charge is -2.27. The molecule has 0 bridgehead atoms. The van der Waals surface area contributed by atoms with E-state index in [1.807, 2.05) is 39.4 Å². The van der Waals surface area contributed by atoms with Gasteiger partial charge in [-0.1, -0.05) is 268 Å². The number of unbranched alkanes of at least 4 members (excludes halogenated alkanes) is 35. The number of hydrogen-bond acceptors (Lipinski definition) is 6. The lowest BCUT2D eigenvalue weighted by molar-refractivity contribution is -0.870. The first-order chi connectivity index (χ1) is 37.4. The van der Waals surface area contributed by atoms with Gasteiger partial charge in [-0.3, -0.25) is 18.6 Å². The monoisotopic (exact) mass is 1100 g/mol. The molecule has 0 saturated carbocycles. The van der Waals surface area contributed by atoms with E-state index in [1.165, 1.54) is 205 Å². The van der Waals surface area contributed by atoms with Crippen molar-refractivity contribution in [3.05, 3.63) is 60.8 Å². The predicted molar refractivity (Wildman–Crippen MR) is 332 cm³/mol. The van der Waals surface area contributed by atoms with Crippen molar-refractivity contribution in [1.82, 2.24) is 5.32 Å². The van der Waals surface area contributed by atoms with Gasteiger partial charge in [0.05, 0.1) is 33.8 Å². The van der Waals surface area contributed by atoms with Crippen LogP contribution in [0.2, 0.25) is 0 Å². The largest absolute Gasteiger partial charge is 0.472 e. The summed E-state index contributed by atoms with van der Waals surface area (Å²) in [6, 6.07) is -0.869. The maximum atomic E-state index is 13.5. The molecule has 0 heterocycles. The number of phosphoric acid groups is 1. The second-order valence-corrected chi connectivity index (χ2v) is 24.7. The van der Waals surface area contributed by atoms with E-state index < -0.39 is 20.0 Å². The Balaban J connectivity index is 5.01. The average Bonchev–Trinajstić information content (AvgIpc) is 3.39. The molecule has 3 unspecified atom stereocenters. The highest BCUT2D eigenvalue weighted by Crippen LogP contribution is 2.43. The van der Waals surface area contributed by atoms with Crippen LogP contribution >= 0.6 is 7.82 Å². The first-order valence-corrected chi connectivity index (χ1v) is 34.1. The van der Waals surface area contributed by atoms with Crippen LogP contribution in [0, 0.1) is 0 Å². The molecule has 0 saturated heterocycles. The SMILES string of the molecule is CCCCC/C=C\C/C=C\CCCCCCCCCCCCCCCCCCCC(=O)NC(COP(=O)(O)OCC[N+](C)(C)C)C(/C=C\CCCCCCCCCCC)OC(=O)CC/C=C/C/C=C\CCCCCCCC. The van der Waals surface area contributed by atoms with E-state index in [4.69, 9.17) is 13.8 Å². The molecule has 0 spiro atoms. The quantitative estimate of drug-likeness (QED) is 0.0205. The molecule has 1 amide bonds. The van der Waals surface area contributed by atoms with Crippen LogP contribution in [0.3, 0.4) is 0 Å². The summed E-state index contributed by atoms with van der Waals surface area (Å²) in [5.74, 6) is -0.576. The molecule has 0 aromatic carbocycles. The maximum Gasteiger partial charge on any atom is 0.472 e. The minimum atomic E-state index is -4.46. The molecule has 10 heteroatoms. The highest BCUT2D eigenvalue weighted by atomic mass is 31.2. The summed E-state index contributed by atoms with van der Waals surface area (Å²) in [4.78, 5) is 37.6. The first-order valence-electron chi connectivity index (χ1n) is 32.6. The fourth-order valence-corrected chi connectivity index (χ4v) is 10.1. The first kappa shape index (κ1) is 74.7. The molecule has 9 nitrogen and oxygen atoms in total. The van der Waals surface area contributed by atoms with Crippen LogP contribution in [0.4, 0.5) is 0 Å². The van der Waals surface area contributed by atoms with Gasteiger partial charge in [-0.05, 0) is 83.1 Å². The zero-order valence-corrected chi connectivity index (χ0v) is 52.3. The lowest BCUT2D eigenvalue weighted by Crippen LogP contribution is -2.47. The van der Waals surface area contributed by atoms with Crippen molar-refractivity contribution in [2.45, 2.75) is 315 Å². The van der Waals surface area contributed by atoms with Gasteiger partial charge in [-0.15, -0.1) is 0 Å². The smallest absolute Gasteiger partial charge is 0.456 e. The summed E-state index contributed by atoms with van der Waals surface area (Å²) >= 11 is 0. The molecular formula is C67H126N2O7P+. The zero-order chi connectivity index (χ0) is 56.4. The number of carbonyl (C=O) groups is 2. The van der Waals surface area contributed by atoms with Gasteiger partial charge in [0.1, 0.15) is 19.3 Å². The summed E-state index contributed by atoms with van der Waals surface area (Å²) in [5.41, 5.74) is 0. The Morgan fingerprint density at radius 3 is 1.22 bits per heavy atom. The third-order valence-electron chi connectivity index (χ3n) is 14.4. The van der Waals surface area contributed by atoms with Crippen LogP contribution in [-0.2, 0) is 27.9 Å². The van der Waals surface area contributed by atoms with E-state index in [0.29, 0.717) is 23.9 Å². The number of allylic oxidation sites excluding steroid dienone is 9. The van der Waals surface area contributed by atoms with Crippen molar-refractivity contribution in [3.8, 4) is 0 Å². The Hall–Kier alpha value is -2.29. The number of nitrogens with one attached hydrogen (secondary N) is 1. The maximum absolute atomic E-state index is 13.5. The number of ether oxygens (including phenoxy) is 1. The Kier molecular flexibility index (Phi) is 55.3. The van der Waals surface area contributed by atoms with Crippen LogP contribution in [0.25, 0.3) is 0 Å². The number of nitrogens with zero attached hydrogens (tertiary/aromatic N) is 1. The fraction of sp³-hybridized carbons (Fsp3) is 0.821. The Bertz CT molecular complexity index is 1500. The normalized spacial score (nSPS) is 14.0. The van der Waals surface area contributed by atoms with E-state index >= 15 is 0 Å². The number of quaternary nitrogens is 1. The number of carbonyl (C=O) groups excluding carboxylic acids is 2. The van der Waals surface area contributed by atoms with Crippen molar-refractivity contribution in [3.63, 3.8) is 0 Å². The van der Waals surface area contributed by atoms with E-state index in [2.05, 4.69) is 68.6 Å². The lowest BCUT2D eigenvalue weighted by atomic mass is 10.0. The average molecular weight is 1100 g/mol. The van der Waals surface area contributed by atoms with Crippen LogP contribution in [0.15, 0.2) is 60.8 Å². The molecule has 0 fully saturated rings. The van der Waals surface area contributed by atoms with Gasteiger partial charge in [0, 0.05) is 12.8 Å². The minimum Gasteiger partial charge on any atom is -0.456 e. The third kappa shape index (κ3) is 58.2. The minimum absolute atomic E-state index is 0.0329. The Morgan fingerprint density at radius 1 is 0.455 bits per heavy atom. The van der Waals surface area contributed by atoms with Gasteiger partial charge in [0.2, 0.25) is 5.91 Å². The molecule has 0 aliphatic carbocycles. The number of hydrogen-bond donors (Lipinski definition) is 2. The predicted octanol–water partition coefficient (Wildman–Crippen LogP) is 20.2. The summed E-state index contributed by atoms with van der Waals surface area (Å²) in [6.45, 7) is 6.96. The molecule has 0 aliphatic rings. The second kappa shape index (κ2) is 57.0. The van der Waals surface area contributed by atoms with Gasteiger partial charge in [0.25, 0.3) is 0 Å². The van der Waals surface area contributed by atoms with Gasteiger partial charge in [0.15, 0.2) is 0 Å². The van der Waals surface area contributed by atoms with Crippen molar-refractivity contribution < 1.29 is 37.3 Å². The second-order valence-electron chi connectivity index (χ2n) is 23.3. The summed E-state index contributed by atoms with van der Waals surface area (Å²) in [5, 5.41) is 3.04. The topological polar surface area (TPSA) is 111 Å². The van der Waals surface area contributed by atoms with Crippen LogP contribution in [0.5, 0.6) is 0 Å². The number of likely N-dealkylation sites (N-methyl/N-ethyl adjacent to an activating group) is 1. The van der Waals surface area contributed by atoms with Crippen LogP contribution in [0.1, 0.15) is 303 Å². The van der Waals surface area contributed by atoms with Gasteiger partial charge in [-0.25, -0.2) is 4.57 Å². The van der Waals surface area contributed by atoms with E-state index in [-0.39, 0.29) is 31.5 Å². The molecule has 0 aromatic heterocycles. The highest BCUT2D eigenvalue weighted by molar-refractivity contribution is 7.47. The highest BCUT2D eigenvalue weighted by Gasteiger charge is 2.30.